The monoisotopic (exact) mass is 385 g/mol. The molecule has 0 radical (unpaired) electrons. The molecule has 1 N–H and O–H groups in total. The summed E-state index contributed by atoms with van der Waals surface area (Å²) in [6, 6.07) is 9.51. The van der Waals surface area contributed by atoms with Crippen LogP contribution in [-0.2, 0) is 13.2 Å². The first-order valence-electron chi connectivity index (χ1n) is 5.74. The molecule has 0 aliphatic rings. The average molecular weight is 387 g/mol. The quantitative estimate of drug-likeness (QED) is 0.863. The van der Waals surface area contributed by atoms with Gasteiger partial charge in [-0.05, 0) is 68.6 Å². The van der Waals surface area contributed by atoms with Gasteiger partial charge in [-0.3, -0.25) is 4.98 Å². The Labute approximate surface area is 128 Å². The third kappa shape index (κ3) is 3.78. The number of aliphatic hydroxyl groups is 1. The van der Waals surface area contributed by atoms with Crippen molar-refractivity contribution in [1.82, 2.24) is 4.98 Å². The van der Waals surface area contributed by atoms with Crippen molar-refractivity contribution < 1.29 is 9.84 Å². The molecule has 0 atom stereocenters. The Morgan fingerprint density at radius 1 is 1.21 bits per heavy atom. The van der Waals surface area contributed by atoms with Gasteiger partial charge >= 0.3 is 0 Å². The van der Waals surface area contributed by atoms with Crippen LogP contribution >= 0.6 is 31.9 Å². The van der Waals surface area contributed by atoms with E-state index in [1.54, 1.807) is 0 Å². The largest absolute Gasteiger partial charge is 0.485 e. The van der Waals surface area contributed by atoms with Crippen LogP contribution in [0.2, 0.25) is 0 Å². The summed E-state index contributed by atoms with van der Waals surface area (Å²) in [6.45, 7) is 2.35. The van der Waals surface area contributed by atoms with Crippen molar-refractivity contribution in [2.75, 3.05) is 0 Å². The Morgan fingerprint density at radius 2 is 1.89 bits per heavy atom. The van der Waals surface area contributed by atoms with Gasteiger partial charge in [0.25, 0.3) is 0 Å². The number of aromatic nitrogens is 1. The standard InChI is InChI=1S/C14H13Br2NO2/c1-9-3-2-4-11(17-9)8-19-14-12(15)5-10(7-18)6-13(14)16/h2-6,18H,7-8H2,1H3. The van der Waals surface area contributed by atoms with Crippen LogP contribution in [0, 0.1) is 6.92 Å². The number of nitrogens with zero attached hydrogens (tertiary/aromatic N) is 1. The summed E-state index contributed by atoms with van der Waals surface area (Å²) in [5.41, 5.74) is 2.67. The number of halogens is 2. The molecule has 0 fully saturated rings. The maximum Gasteiger partial charge on any atom is 0.148 e. The van der Waals surface area contributed by atoms with Crippen molar-refractivity contribution in [3.05, 3.63) is 56.2 Å². The molecule has 100 valence electrons. The topological polar surface area (TPSA) is 42.4 Å². The van der Waals surface area contributed by atoms with Crippen molar-refractivity contribution in [2.24, 2.45) is 0 Å². The second-order valence-electron chi connectivity index (χ2n) is 4.11. The minimum atomic E-state index is -0.00306. The molecule has 5 heteroatoms. The first-order valence-corrected chi connectivity index (χ1v) is 7.33. The van der Waals surface area contributed by atoms with Crippen molar-refractivity contribution >= 4 is 31.9 Å². The van der Waals surface area contributed by atoms with Crippen LogP contribution in [0.3, 0.4) is 0 Å². The zero-order valence-corrected chi connectivity index (χ0v) is 13.5. The Hall–Kier alpha value is -0.910. The van der Waals surface area contributed by atoms with Gasteiger partial charge in [0.15, 0.2) is 0 Å². The molecule has 2 aromatic rings. The lowest BCUT2D eigenvalue weighted by Crippen LogP contribution is -2.00. The van der Waals surface area contributed by atoms with E-state index in [1.807, 2.05) is 37.3 Å². The smallest absolute Gasteiger partial charge is 0.148 e. The number of aliphatic hydroxyl groups excluding tert-OH is 1. The van der Waals surface area contributed by atoms with Crippen LogP contribution in [0.25, 0.3) is 0 Å². The molecule has 0 amide bonds. The second kappa shape index (κ2) is 6.50. The van der Waals surface area contributed by atoms with E-state index in [2.05, 4.69) is 36.8 Å². The third-order valence-corrected chi connectivity index (χ3v) is 3.73. The summed E-state index contributed by atoms with van der Waals surface area (Å²) >= 11 is 6.88. The lowest BCUT2D eigenvalue weighted by atomic mass is 10.2. The molecular weight excluding hydrogens is 374 g/mol. The molecule has 19 heavy (non-hydrogen) atoms. The van der Waals surface area contributed by atoms with E-state index in [0.29, 0.717) is 12.4 Å². The Bertz CT molecular complexity index is 564. The van der Waals surface area contributed by atoms with Crippen LogP contribution in [0.15, 0.2) is 39.3 Å². The van der Waals surface area contributed by atoms with Gasteiger partial charge in [0.05, 0.1) is 21.2 Å². The molecular formula is C14H13Br2NO2. The molecule has 1 heterocycles. The van der Waals surface area contributed by atoms with Gasteiger partial charge in [0, 0.05) is 5.69 Å². The highest BCUT2D eigenvalue weighted by Gasteiger charge is 2.09. The fraction of sp³-hybridized carbons (Fsp3) is 0.214. The molecule has 0 bridgehead atoms. The molecule has 1 aromatic carbocycles. The summed E-state index contributed by atoms with van der Waals surface area (Å²) in [7, 11) is 0. The number of hydrogen-bond acceptors (Lipinski definition) is 3. The average Bonchev–Trinajstić information content (AvgIpc) is 2.37. The normalized spacial score (nSPS) is 10.5. The highest BCUT2D eigenvalue weighted by Crippen LogP contribution is 2.35. The summed E-state index contributed by atoms with van der Waals surface area (Å²) in [5.74, 6) is 0.709. The number of pyridine rings is 1. The van der Waals surface area contributed by atoms with E-state index in [0.717, 1.165) is 25.9 Å². The van der Waals surface area contributed by atoms with Gasteiger partial charge in [-0.15, -0.1) is 0 Å². The van der Waals surface area contributed by atoms with Crippen molar-refractivity contribution in [3.8, 4) is 5.75 Å². The zero-order chi connectivity index (χ0) is 13.8. The number of ether oxygens (including phenoxy) is 1. The summed E-state index contributed by atoms with van der Waals surface area (Å²) < 4.78 is 7.38. The SMILES string of the molecule is Cc1cccc(COc2c(Br)cc(CO)cc2Br)n1. The molecule has 2 rings (SSSR count). The number of aryl methyl sites for hydroxylation is 1. The van der Waals surface area contributed by atoms with Crippen LogP contribution in [0.1, 0.15) is 17.0 Å². The zero-order valence-electron chi connectivity index (χ0n) is 10.4. The van der Waals surface area contributed by atoms with E-state index >= 15 is 0 Å². The van der Waals surface area contributed by atoms with E-state index in [-0.39, 0.29) is 6.61 Å². The van der Waals surface area contributed by atoms with E-state index in [4.69, 9.17) is 9.84 Å². The Morgan fingerprint density at radius 3 is 2.47 bits per heavy atom. The van der Waals surface area contributed by atoms with Gasteiger partial charge in [-0.2, -0.15) is 0 Å². The molecule has 0 aliphatic heterocycles. The predicted octanol–water partition coefficient (Wildman–Crippen LogP) is 3.99. The predicted molar refractivity (Wildman–Crippen MR) is 81.1 cm³/mol. The first-order chi connectivity index (χ1) is 9.10. The van der Waals surface area contributed by atoms with Gasteiger partial charge in [-0.25, -0.2) is 0 Å². The van der Waals surface area contributed by atoms with Gasteiger partial charge in [0.1, 0.15) is 12.4 Å². The Kier molecular flexibility index (Phi) is 4.96. The van der Waals surface area contributed by atoms with Crippen LogP contribution in [0.5, 0.6) is 5.75 Å². The molecule has 0 saturated heterocycles. The van der Waals surface area contributed by atoms with Crippen molar-refractivity contribution in [2.45, 2.75) is 20.1 Å². The summed E-state index contributed by atoms with van der Waals surface area (Å²) in [5, 5.41) is 9.12. The van der Waals surface area contributed by atoms with Gasteiger partial charge in [-0.1, -0.05) is 6.07 Å². The number of hydrogen-bond donors (Lipinski definition) is 1. The highest BCUT2D eigenvalue weighted by molar-refractivity contribution is 9.11. The molecule has 0 spiro atoms. The molecule has 3 nitrogen and oxygen atoms in total. The third-order valence-electron chi connectivity index (χ3n) is 2.55. The number of rotatable bonds is 4. The summed E-state index contributed by atoms with van der Waals surface area (Å²) in [6.07, 6.45) is 0. The minimum Gasteiger partial charge on any atom is -0.485 e. The lowest BCUT2D eigenvalue weighted by molar-refractivity contribution is 0.279. The minimum absolute atomic E-state index is 0.00306. The van der Waals surface area contributed by atoms with Crippen molar-refractivity contribution in [1.29, 1.82) is 0 Å². The molecule has 0 aliphatic carbocycles. The lowest BCUT2D eigenvalue weighted by Gasteiger charge is -2.11. The second-order valence-corrected chi connectivity index (χ2v) is 5.81. The van der Waals surface area contributed by atoms with E-state index in [9.17, 15) is 0 Å². The molecule has 0 saturated carbocycles. The highest BCUT2D eigenvalue weighted by atomic mass is 79.9. The first kappa shape index (κ1) is 14.5. The Balaban J connectivity index is 2.16. The fourth-order valence-corrected chi connectivity index (χ4v) is 3.18. The van der Waals surface area contributed by atoms with Crippen LogP contribution < -0.4 is 4.74 Å². The van der Waals surface area contributed by atoms with E-state index in [1.165, 1.54) is 0 Å². The maximum absolute atomic E-state index is 9.12. The van der Waals surface area contributed by atoms with Crippen molar-refractivity contribution in [3.63, 3.8) is 0 Å². The maximum atomic E-state index is 9.12. The molecule has 0 unspecified atom stereocenters. The van der Waals surface area contributed by atoms with Gasteiger partial charge < -0.3 is 9.84 Å². The van der Waals surface area contributed by atoms with E-state index < -0.39 is 0 Å². The summed E-state index contributed by atoms with van der Waals surface area (Å²) in [4.78, 5) is 4.39. The van der Waals surface area contributed by atoms with Crippen LogP contribution in [0.4, 0.5) is 0 Å². The fourth-order valence-electron chi connectivity index (χ4n) is 1.67. The van der Waals surface area contributed by atoms with Crippen LogP contribution in [-0.4, -0.2) is 10.1 Å². The van der Waals surface area contributed by atoms with Gasteiger partial charge in [0.2, 0.25) is 0 Å². The molecule has 1 aromatic heterocycles. The number of benzene rings is 1.